The van der Waals surface area contributed by atoms with Crippen LogP contribution in [0.4, 0.5) is 0 Å². The van der Waals surface area contributed by atoms with Gasteiger partial charge in [-0.05, 0) is 30.0 Å². The zero-order valence-electron chi connectivity index (χ0n) is 11.4. The molecule has 112 valence electrons. The van der Waals surface area contributed by atoms with E-state index in [1.54, 1.807) is 0 Å². The highest BCUT2D eigenvalue weighted by atomic mass is 32.1. The Kier molecular flexibility index (Phi) is 11.5. The zero-order valence-corrected chi connectivity index (χ0v) is 13.0. The van der Waals surface area contributed by atoms with Crippen molar-refractivity contribution in [2.45, 2.75) is 6.61 Å². The zero-order chi connectivity index (χ0) is 15.9. The molecule has 0 aromatic heterocycles. The summed E-state index contributed by atoms with van der Waals surface area (Å²) in [5, 5.41) is 7.16. The number of nitrogens with two attached hydrogens (primary N) is 2. The Balaban J connectivity index is 0.000000335. The van der Waals surface area contributed by atoms with E-state index in [9.17, 15) is 0 Å². The highest BCUT2D eigenvalue weighted by Crippen LogP contribution is 1.99. The van der Waals surface area contributed by atoms with Gasteiger partial charge in [0.25, 0.3) is 10.3 Å². The van der Waals surface area contributed by atoms with Gasteiger partial charge in [0.15, 0.2) is 0 Å². The molecule has 0 aliphatic heterocycles. The van der Waals surface area contributed by atoms with Crippen molar-refractivity contribution in [3.05, 3.63) is 72.3 Å². The summed E-state index contributed by atoms with van der Waals surface area (Å²) in [4.78, 5) is 0. The van der Waals surface area contributed by atoms with Gasteiger partial charge in [0.2, 0.25) is 0 Å². The van der Waals surface area contributed by atoms with Gasteiger partial charge in [-0.3, -0.25) is 0 Å². The van der Waals surface area contributed by atoms with Crippen LogP contribution in [0.5, 0.6) is 0 Å². The number of hydrogen-bond donors (Lipinski definition) is 3. The van der Waals surface area contributed by atoms with Gasteiger partial charge < -0.3 is 21.3 Å². The molecule has 0 saturated carbocycles. The molecule has 5 N–H and O–H groups in total. The maximum Gasteiger partial charge on any atom is 0.254 e. The van der Waals surface area contributed by atoms with Gasteiger partial charge in [0, 0.05) is 0 Å². The van der Waals surface area contributed by atoms with Gasteiger partial charge in [0.1, 0.15) is 6.61 Å². The van der Waals surface area contributed by atoms with Gasteiger partial charge in [-0.25, -0.2) is 0 Å². The van der Waals surface area contributed by atoms with Crippen LogP contribution in [0, 0.1) is 0 Å². The first-order valence-corrected chi connectivity index (χ1v) is 6.78. The molecule has 0 atom stereocenters. The fraction of sp³-hybridized carbons (Fsp3) is 0.0667. The van der Waals surface area contributed by atoms with Crippen LogP contribution in [0.15, 0.2) is 66.7 Å². The molecule has 0 aliphatic carbocycles. The molecule has 4 nitrogen and oxygen atoms in total. The molecule has 0 heterocycles. The highest BCUT2D eigenvalue weighted by Gasteiger charge is 1.91. The lowest BCUT2D eigenvalue weighted by Crippen LogP contribution is -2.12. The van der Waals surface area contributed by atoms with Crippen LogP contribution in [-0.2, 0) is 11.3 Å². The Morgan fingerprint density at radius 1 is 0.857 bits per heavy atom. The van der Waals surface area contributed by atoms with Crippen molar-refractivity contribution in [1.82, 2.24) is 0 Å². The lowest BCUT2D eigenvalue weighted by Gasteiger charge is -2.01. The van der Waals surface area contributed by atoms with E-state index in [1.807, 2.05) is 66.7 Å². The normalized spacial score (nSPS) is 8.19. The third kappa shape index (κ3) is 15.8. The average molecular weight is 322 g/mol. The summed E-state index contributed by atoms with van der Waals surface area (Å²) in [7, 11) is 0. The largest absolute Gasteiger partial charge is 0.487 e. The molecule has 0 aliphatic rings. The minimum atomic E-state index is -0.500. The van der Waals surface area contributed by atoms with Crippen molar-refractivity contribution < 1.29 is 9.84 Å². The number of aliphatic hydroxyl groups is 1. The Hall–Kier alpha value is -2.18. The van der Waals surface area contributed by atoms with Crippen LogP contribution in [-0.4, -0.2) is 15.5 Å². The average Bonchev–Trinajstić information content (AvgIpc) is 2.48. The standard InChI is InChI=1S/C8H9NOS.C6H6.CH3NOS/c9-8(11)10-6-7-4-2-1-3-5-7;1-2-4-6-5-3-1;2-1(3)4/h1-5H,6H2,(H2,9,11);1-6H;(H3,2,3,4). The van der Waals surface area contributed by atoms with E-state index in [0.717, 1.165) is 5.56 Å². The van der Waals surface area contributed by atoms with E-state index in [0.29, 0.717) is 6.61 Å². The van der Waals surface area contributed by atoms with E-state index in [4.69, 9.17) is 15.6 Å². The van der Waals surface area contributed by atoms with E-state index >= 15 is 0 Å². The summed E-state index contributed by atoms with van der Waals surface area (Å²) in [6.07, 6.45) is 0. The number of aliphatic hydroxyl groups excluding tert-OH is 1. The van der Waals surface area contributed by atoms with E-state index in [2.05, 4.69) is 30.2 Å². The molecular formula is C15H18N2O2S2. The number of thiocarbonyl (C=S) groups is 2. The molecule has 0 saturated heterocycles. The quantitative estimate of drug-likeness (QED) is 0.738. The highest BCUT2D eigenvalue weighted by molar-refractivity contribution is 7.80. The molecule has 6 heteroatoms. The molecule has 0 radical (unpaired) electrons. The maximum atomic E-state index is 7.56. The summed E-state index contributed by atoms with van der Waals surface area (Å²) in [5.41, 5.74) is 10.6. The number of hydrogen-bond acceptors (Lipinski definition) is 3. The van der Waals surface area contributed by atoms with Gasteiger partial charge >= 0.3 is 0 Å². The van der Waals surface area contributed by atoms with Gasteiger partial charge in [-0.15, -0.1) is 0 Å². The number of rotatable bonds is 2. The second kappa shape index (κ2) is 12.8. The predicted octanol–water partition coefficient (Wildman–Crippen LogP) is 2.92. The van der Waals surface area contributed by atoms with Crippen molar-refractivity contribution >= 4 is 34.8 Å². The third-order valence-electron chi connectivity index (χ3n) is 1.89. The van der Waals surface area contributed by atoms with Crippen LogP contribution in [0.1, 0.15) is 5.56 Å². The number of benzene rings is 2. The molecule has 0 bridgehead atoms. The first kappa shape index (κ1) is 18.8. The van der Waals surface area contributed by atoms with Crippen molar-refractivity contribution in [3.8, 4) is 0 Å². The minimum absolute atomic E-state index is 0.0915. The summed E-state index contributed by atoms with van der Waals surface area (Å²) < 4.78 is 4.94. The monoisotopic (exact) mass is 322 g/mol. The molecule has 0 spiro atoms. The molecule has 2 aromatic rings. The first-order chi connectivity index (χ1) is 10.0. The Bertz CT molecular complexity index is 477. The maximum absolute atomic E-state index is 7.56. The van der Waals surface area contributed by atoms with Crippen molar-refractivity contribution in [1.29, 1.82) is 0 Å². The molecule has 0 unspecified atom stereocenters. The van der Waals surface area contributed by atoms with Crippen molar-refractivity contribution in [3.63, 3.8) is 0 Å². The van der Waals surface area contributed by atoms with E-state index < -0.39 is 5.17 Å². The topological polar surface area (TPSA) is 81.5 Å². The van der Waals surface area contributed by atoms with Crippen LogP contribution >= 0.6 is 24.4 Å². The van der Waals surface area contributed by atoms with Crippen LogP contribution in [0.3, 0.4) is 0 Å². The summed E-state index contributed by atoms with van der Waals surface area (Å²) in [6.45, 7) is 0.455. The smallest absolute Gasteiger partial charge is 0.254 e. The lowest BCUT2D eigenvalue weighted by atomic mass is 10.2. The fourth-order valence-electron chi connectivity index (χ4n) is 1.11. The van der Waals surface area contributed by atoms with Crippen molar-refractivity contribution in [2.24, 2.45) is 11.5 Å². The number of ether oxygens (including phenoxy) is 1. The molecule has 2 aromatic carbocycles. The van der Waals surface area contributed by atoms with Gasteiger partial charge in [-0.2, -0.15) is 0 Å². The SMILES string of the molecule is NC(=S)OCc1ccccc1.NC(O)=S.c1ccccc1. The second-order valence-electron chi connectivity index (χ2n) is 3.59. The predicted molar refractivity (Wildman–Crippen MR) is 93.9 cm³/mol. The third-order valence-corrected chi connectivity index (χ3v) is 2.01. The van der Waals surface area contributed by atoms with E-state index in [-0.39, 0.29) is 5.17 Å². The van der Waals surface area contributed by atoms with Crippen LogP contribution in [0.2, 0.25) is 0 Å². The molecule has 21 heavy (non-hydrogen) atoms. The minimum Gasteiger partial charge on any atom is -0.487 e. The summed E-state index contributed by atoms with van der Waals surface area (Å²) >= 11 is 8.42. The summed E-state index contributed by atoms with van der Waals surface area (Å²) in [6, 6.07) is 21.7. The van der Waals surface area contributed by atoms with Gasteiger partial charge in [0.05, 0.1) is 0 Å². The van der Waals surface area contributed by atoms with Crippen LogP contribution < -0.4 is 11.5 Å². The molecule has 2 rings (SSSR count). The van der Waals surface area contributed by atoms with Gasteiger partial charge in [-0.1, -0.05) is 66.7 Å². The fourth-order valence-corrected chi connectivity index (χ4v) is 1.17. The van der Waals surface area contributed by atoms with E-state index in [1.165, 1.54) is 0 Å². The Morgan fingerprint density at radius 2 is 1.19 bits per heavy atom. The molecule has 0 fully saturated rings. The van der Waals surface area contributed by atoms with Crippen molar-refractivity contribution in [2.75, 3.05) is 0 Å². The molecule has 0 amide bonds. The Labute approximate surface area is 135 Å². The summed E-state index contributed by atoms with van der Waals surface area (Å²) in [5.74, 6) is 0. The lowest BCUT2D eigenvalue weighted by molar-refractivity contribution is 0.296. The first-order valence-electron chi connectivity index (χ1n) is 5.97. The second-order valence-corrected chi connectivity index (χ2v) is 4.41. The Morgan fingerprint density at radius 3 is 1.52 bits per heavy atom. The molecular weight excluding hydrogens is 304 g/mol. The van der Waals surface area contributed by atoms with Crippen LogP contribution in [0.25, 0.3) is 0 Å².